The molecule has 0 radical (unpaired) electrons. The maximum Gasteiger partial charge on any atom is 0.246 e. The topological polar surface area (TPSA) is 208 Å². The highest BCUT2D eigenvalue weighted by Crippen LogP contribution is 2.56. The van der Waals surface area contributed by atoms with Crippen molar-refractivity contribution in [3.63, 3.8) is 0 Å². The molecule has 10 rings (SSSR count). The number of likely N-dealkylation sites (tertiary alicyclic amines) is 1. The minimum atomic E-state index is -0.931. The number of fused-ring (bicyclic) bond motifs is 3. The summed E-state index contributed by atoms with van der Waals surface area (Å²) in [4.78, 5) is 61.9. The van der Waals surface area contributed by atoms with E-state index in [2.05, 4.69) is 94.4 Å². The number of amides is 3. The zero-order valence-electron chi connectivity index (χ0n) is 51.4. The lowest BCUT2D eigenvalue weighted by molar-refractivity contribution is -0.144. The number of nitrogens with zero attached hydrogens (tertiary/aromatic N) is 5. The molecule has 4 aromatic heterocycles. The second-order valence-corrected chi connectivity index (χ2v) is 24.9. The zero-order chi connectivity index (χ0) is 61.6. The molecular formula is C70H82N8O9S. The Balaban J connectivity index is 0.609. The van der Waals surface area contributed by atoms with Crippen molar-refractivity contribution in [2.45, 2.75) is 104 Å². The van der Waals surface area contributed by atoms with Crippen LogP contribution in [0.1, 0.15) is 98.4 Å². The Morgan fingerprint density at radius 1 is 0.773 bits per heavy atom. The normalized spacial score (nSPS) is 17.2. The third-order valence-electron chi connectivity index (χ3n) is 16.3. The molecule has 0 bridgehead atoms. The SMILES string of the molecule is CCCOc1cc(NCCOCCOCCOCCOCCC(=O)N[C@H](C(=O)N2C[C@H](O)C[C@H]2C(=O)NCc2ccc(-c3scnc3C)cc2)C(C)(C)C)ccc1-c1ncc(-c2ncc(-c3cccnc3)cc2/C=C/c2ccc3c(c2)C[C@@H]2CC32)cc1C. The van der Waals surface area contributed by atoms with Crippen molar-refractivity contribution in [1.82, 2.24) is 35.5 Å². The van der Waals surface area contributed by atoms with Gasteiger partial charge in [-0.3, -0.25) is 29.3 Å². The van der Waals surface area contributed by atoms with Crippen molar-refractivity contribution >= 4 is 46.9 Å². The summed E-state index contributed by atoms with van der Waals surface area (Å²) in [6.07, 6.45) is 14.5. The number of β-amino-alcohol motifs (C(OH)–C–C–N with tert-alkyl or cyclic N) is 1. The molecule has 3 aliphatic rings. The summed E-state index contributed by atoms with van der Waals surface area (Å²) in [6.45, 7) is 15.9. The van der Waals surface area contributed by atoms with Gasteiger partial charge in [0.05, 0.1) is 93.0 Å². The molecule has 1 aliphatic heterocycles. The first-order valence-electron chi connectivity index (χ1n) is 30.8. The second kappa shape index (κ2) is 30.0. The van der Waals surface area contributed by atoms with Crippen molar-refractivity contribution < 1.29 is 43.2 Å². The van der Waals surface area contributed by atoms with E-state index in [0.717, 1.165) is 96.2 Å². The lowest BCUT2D eigenvalue weighted by Gasteiger charge is -2.35. The van der Waals surface area contributed by atoms with Gasteiger partial charge in [-0.2, -0.15) is 0 Å². The fourth-order valence-corrected chi connectivity index (χ4v) is 12.3. The van der Waals surface area contributed by atoms with E-state index in [-0.39, 0.29) is 51.0 Å². The van der Waals surface area contributed by atoms with Crippen LogP contribution in [0.2, 0.25) is 0 Å². The molecule has 3 amide bonds. The lowest BCUT2D eigenvalue weighted by Crippen LogP contribution is -2.57. The summed E-state index contributed by atoms with van der Waals surface area (Å²) in [5.41, 5.74) is 16.8. The first-order valence-corrected chi connectivity index (χ1v) is 31.6. The molecule has 18 heteroatoms. The quantitative estimate of drug-likeness (QED) is 0.0309. The number of aromatic nitrogens is 4. The van der Waals surface area contributed by atoms with E-state index in [0.29, 0.717) is 52.8 Å². The van der Waals surface area contributed by atoms with Gasteiger partial charge in [-0.25, -0.2) is 4.98 Å². The molecule has 5 atom stereocenters. The van der Waals surface area contributed by atoms with E-state index in [9.17, 15) is 19.5 Å². The third kappa shape index (κ3) is 16.5. The average Bonchev–Trinajstić information content (AvgIpc) is 1.63. The van der Waals surface area contributed by atoms with Crippen LogP contribution in [-0.4, -0.2) is 138 Å². The van der Waals surface area contributed by atoms with Gasteiger partial charge in [-0.1, -0.05) is 88.4 Å². The number of aliphatic hydroxyl groups excluding tert-OH is 1. The van der Waals surface area contributed by atoms with E-state index in [1.807, 2.05) is 94.3 Å². The molecule has 1 unspecified atom stereocenters. The van der Waals surface area contributed by atoms with Gasteiger partial charge in [-0.05, 0) is 114 Å². The van der Waals surface area contributed by atoms with E-state index >= 15 is 0 Å². The number of carbonyl (C=O) groups is 3. The van der Waals surface area contributed by atoms with Gasteiger partial charge in [0.25, 0.3) is 0 Å². The molecule has 1 saturated carbocycles. The minimum absolute atomic E-state index is 0.00459. The molecule has 1 saturated heterocycles. The molecule has 0 spiro atoms. The monoisotopic (exact) mass is 1210 g/mol. The Morgan fingerprint density at radius 3 is 2.24 bits per heavy atom. The van der Waals surface area contributed by atoms with Crippen LogP contribution in [0.5, 0.6) is 5.75 Å². The minimum Gasteiger partial charge on any atom is -0.493 e. The predicted octanol–water partition coefficient (Wildman–Crippen LogP) is 10.9. The molecular weight excluding hydrogens is 1130 g/mol. The standard InChI is InChI=1S/C70H82N8O9S/c1-7-23-87-62-37-56(17-19-59(62)64-45(2)32-55(42-73-64)65-50(34-54(41-74-65)51-9-8-21-71-40-51)16-10-47-13-18-58-52(33-47)35-53-36-60(53)58)72-22-25-84-27-29-86-31-30-85-28-26-83-24-20-63(80)77-67(70(4,5)6)69(82)78-43-57(79)38-61(78)68(81)75-39-48-11-14-49(15-12-48)66-46(3)76-44-88-66/h8-19,21,32-34,37,40-42,44,53,57,60-61,67,72,79H,7,20,22-31,35-36,38-39,43H2,1-6H3,(H,75,81)(H,77,80)/b16-10+/t53-,57-,60?,61+,67-/m1/s1. The van der Waals surface area contributed by atoms with Crippen LogP contribution in [0.25, 0.3) is 56.2 Å². The van der Waals surface area contributed by atoms with E-state index < -0.39 is 29.5 Å². The second-order valence-electron chi connectivity index (χ2n) is 24.0. The molecule has 2 aliphatic carbocycles. The summed E-state index contributed by atoms with van der Waals surface area (Å²) in [5.74, 6) is 1.24. The van der Waals surface area contributed by atoms with Crippen molar-refractivity contribution in [2.24, 2.45) is 11.3 Å². The Labute approximate surface area is 520 Å². The number of pyridine rings is 3. The number of nitrogens with one attached hydrogen (secondary N) is 3. The summed E-state index contributed by atoms with van der Waals surface area (Å²) in [5, 5.41) is 19.9. The van der Waals surface area contributed by atoms with Crippen LogP contribution in [0.4, 0.5) is 5.69 Å². The van der Waals surface area contributed by atoms with Gasteiger partial charge < -0.3 is 49.6 Å². The fraction of sp³-hybridized carbons (Fsp3) is 0.414. The largest absolute Gasteiger partial charge is 0.493 e. The number of hydrogen-bond acceptors (Lipinski definition) is 15. The summed E-state index contributed by atoms with van der Waals surface area (Å²) in [6, 6.07) is 27.5. The lowest BCUT2D eigenvalue weighted by atomic mass is 9.85. The summed E-state index contributed by atoms with van der Waals surface area (Å²) >= 11 is 1.58. The first-order chi connectivity index (χ1) is 42.7. The Bertz CT molecular complexity index is 3530. The highest BCUT2D eigenvalue weighted by atomic mass is 32.1. The number of carbonyl (C=O) groups excluding carboxylic acids is 3. The predicted molar refractivity (Wildman–Crippen MR) is 345 cm³/mol. The number of rotatable bonds is 30. The molecule has 5 heterocycles. The molecule has 462 valence electrons. The van der Waals surface area contributed by atoms with Crippen LogP contribution in [0, 0.1) is 25.2 Å². The number of aryl methyl sites for hydroxylation is 2. The van der Waals surface area contributed by atoms with Crippen LogP contribution in [0.15, 0.2) is 115 Å². The summed E-state index contributed by atoms with van der Waals surface area (Å²) in [7, 11) is 0. The maximum absolute atomic E-state index is 14.0. The zero-order valence-corrected chi connectivity index (χ0v) is 52.2. The molecule has 3 aromatic carbocycles. The first kappa shape index (κ1) is 63.3. The molecule has 88 heavy (non-hydrogen) atoms. The average molecular weight is 1210 g/mol. The smallest absolute Gasteiger partial charge is 0.246 e. The van der Waals surface area contributed by atoms with Crippen molar-refractivity contribution in [3.8, 4) is 49.8 Å². The number of aliphatic hydroxyl groups is 1. The van der Waals surface area contributed by atoms with Gasteiger partial charge in [0.1, 0.15) is 17.8 Å². The van der Waals surface area contributed by atoms with Crippen molar-refractivity contribution in [1.29, 1.82) is 0 Å². The van der Waals surface area contributed by atoms with Crippen LogP contribution in [-0.2, 0) is 46.3 Å². The number of anilines is 1. The van der Waals surface area contributed by atoms with Crippen LogP contribution in [0.3, 0.4) is 0 Å². The van der Waals surface area contributed by atoms with Crippen LogP contribution < -0.4 is 20.7 Å². The summed E-state index contributed by atoms with van der Waals surface area (Å²) < 4.78 is 29.2. The number of ether oxygens (including phenoxy) is 5. The van der Waals surface area contributed by atoms with Crippen LogP contribution >= 0.6 is 11.3 Å². The van der Waals surface area contributed by atoms with E-state index in [1.54, 1.807) is 17.5 Å². The van der Waals surface area contributed by atoms with E-state index in [4.69, 9.17) is 33.7 Å². The van der Waals surface area contributed by atoms with E-state index in [1.165, 1.54) is 34.4 Å². The molecule has 2 fully saturated rings. The number of thiazole rings is 1. The molecule has 4 N–H and O–H groups in total. The Kier molecular flexibility index (Phi) is 21.6. The highest BCUT2D eigenvalue weighted by molar-refractivity contribution is 7.13. The van der Waals surface area contributed by atoms with Gasteiger partial charge in [0.15, 0.2) is 0 Å². The van der Waals surface area contributed by atoms with Crippen molar-refractivity contribution in [2.75, 3.05) is 77.9 Å². The van der Waals surface area contributed by atoms with Gasteiger partial charge >= 0.3 is 0 Å². The third-order valence-corrected chi connectivity index (χ3v) is 17.2. The molecule has 7 aromatic rings. The van der Waals surface area contributed by atoms with Crippen molar-refractivity contribution in [3.05, 3.63) is 154 Å². The fourth-order valence-electron chi connectivity index (χ4n) is 11.5. The Hall–Kier alpha value is -7.71. The number of hydrogen-bond donors (Lipinski definition) is 4. The number of benzene rings is 3. The van der Waals surface area contributed by atoms with Gasteiger partial charge in [0, 0.05) is 96.8 Å². The highest BCUT2D eigenvalue weighted by Gasteiger charge is 2.46. The van der Waals surface area contributed by atoms with Gasteiger partial charge in [-0.15, -0.1) is 11.3 Å². The molecule has 17 nitrogen and oxygen atoms in total. The maximum atomic E-state index is 14.0. The van der Waals surface area contributed by atoms with Gasteiger partial charge in [0.2, 0.25) is 17.7 Å². The Morgan fingerprint density at radius 2 is 1.52 bits per heavy atom.